The monoisotopic (exact) mass is 313 g/mol. The first-order valence-corrected chi connectivity index (χ1v) is 4.60. The van der Waals surface area contributed by atoms with Crippen LogP contribution in [0.1, 0.15) is 11.6 Å². The van der Waals surface area contributed by atoms with Crippen molar-refractivity contribution in [2.45, 2.75) is 18.1 Å². The highest BCUT2D eigenvalue weighted by Crippen LogP contribution is 2.44. The molecule has 0 aliphatic heterocycles. The first kappa shape index (κ1) is 17.3. The first-order valence-electron chi connectivity index (χ1n) is 4.22. The summed E-state index contributed by atoms with van der Waals surface area (Å²) >= 11 is 5.36. The molecule has 0 unspecified atom stereocenters. The Morgan fingerprint density at radius 3 is 2.00 bits per heavy atom. The molecule has 1 nitrogen and oxygen atoms in total. The van der Waals surface area contributed by atoms with Gasteiger partial charge in [-0.1, -0.05) is 17.7 Å². The number of hydrogen-bond donors (Lipinski definition) is 1. The van der Waals surface area contributed by atoms with Crippen molar-refractivity contribution in [1.82, 2.24) is 0 Å². The lowest BCUT2D eigenvalue weighted by Gasteiger charge is -2.26. The molecule has 9 heteroatoms. The van der Waals surface area contributed by atoms with E-state index < -0.39 is 34.5 Å². The van der Waals surface area contributed by atoms with Gasteiger partial charge in [0.15, 0.2) is 0 Å². The van der Waals surface area contributed by atoms with Crippen LogP contribution in [0.2, 0.25) is 5.02 Å². The molecular weight excluding hydrogens is 307 g/mol. The molecule has 18 heavy (non-hydrogen) atoms. The van der Waals surface area contributed by atoms with Crippen LogP contribution in [-0.4, -0.2) is 12.1 Å². The zero-order chi connectivity index (χ0) is 13.4. The fraction of sp³-hybridized carbons (Fsp3) is 0.333. The molecule has 1 aromatic carbocycles. The largest absolute Gasteiger partial charge is 0.455 e. The lowest BCUT2D eigenvalue weighted by molar-refractivity contribution is -0.290. The standard InChI is InChI=1S/C9H6ClF6N.ClH/c10-6-3-4(11)1-2-5(6)7(17)8(12,13)9(14,15)16;/h1-3,7H,17H2;1H/t7-;/m0./s1. The van der Waals surface area contributed by atoms with E-state index in [2.05, 4.69) is 0 Å². The van der Waals surface area contributed by atoms with Gasteiger partial charge >= 0.3 is 12.1 Å². The highest BCUT2D eigenvalue weighted by Gasteiger charge is 2.62. The first-order chi connectivity index (χ1) is 7.57. The van der Waals surface area contributed by atoms with Crippen molar-refractivity contribution in [3.8, 4) is 0 Å². The third-order valence-electron chi connectivity index (χ3n) is 2.07. The zero-order valence-corrected chi connectivity index (χ0v) is 10.0. The van der Waals surface area contributed by atoms with Crippen LogP contribution in [0, 0.1) is 5.82 Å². The Kier molecular flexibility index (Phi) is 5.34. The maximum absolute atomic E-state index is 12.9. The Balaban J connectivity index is 0.00000289. The molecule has 1 atom stereocenters. The van der Waals surface area contributed by atoms with Gasteiger partial charge in [-0.05, 0) is 17.7 Å². The number of hydrogen-bond acceptors (Lipinski definition) is 1. The molecule has 0 aliphatic carbocycles. The third kappa shape index (κ3) is 3.21. The van der Waals surface area contributed by atoms with Crippen LogP contribution in [0.15, 0.2) is 18.2 Å². The van der Waals surface area contributed by atoms with Gasteiger partial charge in [0.2, 0.25) is 0 Å². The summed E-state index contributed by atoms with van der Waals surface area (Å²) in [4.78, 5) is 0. The Bertz CT molecular complexity index is 420. The number of benzene rings is 1. The number of rotatable bonds is 2. The quantitative estimate of drug-likeness (QED) is 0.817. The smallest absolute Gasteiger partial charge is 0.319 e. The van der Waals surface area contributed by atoms with Crippen molar-refractivity contribution in [3.05, 3.63) is 34.6 Å². The van der Waals surface area contributed by atoms with E-state index in [-0.39, 0.29) is 12.4 Å². The van der Waals surface area contributed by atoms with Gasteiger partial charge in [0.1, 0.15) is 11.9 Å². The second-order valence-corrected chi connectivity index (χ2v) is 3.67. The average Bonchev–Trinajstić information content (AvgIpc) is 2.14. The summed E-state index contributed by atoms with van der Waals surface area (Å²) < 4.78 is 74.5. The molecule has 0 heterocycles. The Labute approximate surface area is 109 Å². The van der Waals surface area contributed by atoms with Gasteiger partial charge in [-0.3, -0.25) is 0 Å². The predicted octanol–water partition coefficient (Wildman–Crippen LogP) is 4.10. The molecule has 0 saturated heterocycles. The van der Waals surface area contributed by atoms with Gasteiger partial charge in [-0.25, -0.2) is 4.39 Å². The van der Waals surface area contributed by atoms with E-state index in [9.17, 15) is 26.3 Å². The third-order valence-corrected chi connectivity index (χ3v) is 2.39. The van der Waals surface area contributed by atoms with Crippen LogP contribution in [-0.2, 0) is 0 Å². The van der Waals surface area contributed by atoms with E-state index in [1.807, 2.05) is 0 Å². The normalized spacial score (nSPS) is 14.0. The summed E-state index contributed by atoms with van der Waals surface area (Å²) in [5.74, 6) is -6.00. The molecule has 0 aliphatic rings. The van der Waals surface area contributed by atoms with E-state index in [1.165, 1.54) is 0 Å². The highest BCUT2D eigenvalue weighted by atomic mass is 35.5. The molecule has 0 bridgehead atoms. The average molecular weight is 314 g/mol. The summed E-state index contributed by atoms with van der Waals surface area (Å²) in [6.45, 7) is 0. The van der Waals surface area contributed by atoms with E-state index in [4.69, 9.17) is 17.3 Å². The number of halogens is 8. The summed E-state index contributed by atoms with van der Waals surface area (Å²) in [5, 5.41) is -0.582. The van der Waals surface area contributed by atoms with Gasteiger partial charge in [0.25, 0.3) is 0 Å². The second kappa shape index (κ2) is 5.54. The SMILES string of the molecule is Cl.N[C@@H](c1ccc(F)cc1Cl)C(F)(F)C(F)(F)F. The molecule has 104 valence electrons. The highest BCUT2D eigenvalue weighted by molar-refractivity contribution is 6.31. The van der Waals surface area contributed by atoms with Crippen LogP contribution in [0.4, 0.5) is 26.3 Å². The molecule has 1 aromatic rings. The van der Waals surface area contributed by atoms with E-state index in [0.29, 0.717) is 18.2 Å². The van der Waals surface area contributed by atoms with E-state index in [0.717, 1.165) is 0 Å². The lowest BCUT2D eigenvalue weighted by atomic mass is 10.0. The van der Waals surface area contributed by atoms with E-state index in [1.54, 1.807) is 0 Å². The van der Waals surface area contributed by atoms with Gasteiger partial charge in [0.05, 0.1) is 0 Å². The summed E-state index contributed by atoms with van der Waals surface area (Å²) in [7, 11) is 0. The second-order valence-electron chi connectivity index (χ2n) is 3.26. The molecule has 0 aromatic heterocycles. The van der Waals surface area contributed by atoms with Crippen molar-refractivity contribution in [1.29, 1.82) is 0 Å². The Morgan fingerprint density at radius 1 is 1.11 bits per heavy atom. The molecule has 2 N–H and O–H groups in total. The summed E-state index contributed by atoms with van der Waals surface area (Å²) in [5.41, 5.74) is 4.16. The van der Waals surface area contributed by atoms with Crippen molar-refractivity contribution in [3.63, 3.8) is 0 Å². The molecule has 0 saturated carbocycles. The van der Waals surface area contributed by atoms with Crippen LogP contribution in [0.3, 0.4) is 0 Å². The topological polar surface area (TPSA) is 26.0 Å². The van der Waals surface area contributed by atoms with Crippen molar-refractivity contribution < 1.29 is 26.3 Å². The van der Waals surface area contributed by atoms with Crippen LogP contribution in [0.5, 0.6) is 0 Å². The minimum Gasteiger partial charge on any atom is -0.319 e. The minimum atomic E-state index is -5.80. The summed E-state index contributed by atoms with van der Waals surface area (Å²) in [6, 6.07) is -0.672. The Morgan fingerprint density at radius 2 is 1.61 bits per heavy atom. The zero-order valence-electron chi connectivity index (χ0n) is 8.44. The van der Waals surface area contributed by atoms with Gasteiger partial charge in [-0.15, -0.1) is 12.4 Å². The maximum atomic E-state index is 12.9. The van der Waals surface area contributed by atoms with Gasteiger partial charge < -0.3 is 5.73 Å². The van der Waals surface area contributed by atoms with Gasteiger partial charge in [0, 0.05) is 5.02 Å². The minimum absolute atomic E-state index is 0. The molecule has 1 rings (SSSR count). The molecular formula is C9H7Cl2F6N. The molecule has 0 radical (unpaired) electrons. The lowest BCUT2D eigenvalue weighted by Crippen LogP contribution is -2.45. The fourth-order valence-corrected chi connectivity index (χ4v) is 1.41. The van der Waals surface area contributed by atoms with Crippen LogP contribution >= 0.6 is 24.0 Å². The van der Waals surface area contributed by atoms with Crippen molar-refractivity contribution in [2.75, 3.05) is 0 Å². The fourth-order valence-electron chi connectivity index (χ4n) is 1.13. The van der Waals surface area contributed by atoms with Crippen LogP contribution in [0.25, 0.3) is 0 Å². The number of nitrogens with two attached hydrogens (primary N) is 1. The maximum Gasteiger partial charge on any atom is 0.455 e. The van der Waals surface area contributed by atoms with Crippen molar-refractivity contribution in [2.24, 2.45) is 5.73 Å². The van der Waals surface area contributed by atoms with Crippen LogP contribution < -0.4 is 5.73 Å². The molecule has 0 fully saturated rings. The predicted molar refractivity (Wildman–Crippen MR) is 56.6 cm³/mol. The Hall–Kier alpha value is -0.660. The van der Waals surface area contributed by atoms with Gasteiger partial charge in [-0.2, -0.15) is 22.0 Å². The summed E-state index contributed by atoms with van der Waals surface area (Å²) in [6.07, 6.45) is -5.80. The van der Waals surface area contributed by atoms with E-state index >= 15 is 0 Å². The van der Waals surface area contributed by atoms with Crippen molar-refractivity contribution >= 4 is 24.0 Å². The number of alkyl halides is 5. The molecule has 0 spiro atoms. The molecule has 0 amide bonds.